The molecule has 6 heteroatoms. The van der Waals surface area contributed by atoms with Gasteiger partial charge in [-0.3, -0.25) is 10.4 Å². The standard InChI is InChI=1S/C8H14N4O2/c1-9-4-5-10-8-3-2-7(6-11-8)12(13)14/h2-3,6,13-14H,1,4-5,9H2,(H,10,11). The van der Waals surface area contributed by atoms with Gasteiger partial charge in [0.05, 0.1) is 19.3 Å². The number of quaternary nitrogens is 1. The van der Waals surface area contributed by atoms with Crippen LogP contribution in [0.4, 0.5) is 11.5 Å². The van der Waals surface area contributed by atoms with E-state index in [1.165, 1.54) is 6.20 Å². The van der Waals surface area contributed by atoms with Gasteiger partial charge in [-0.05, 0) is 12.1 Å². The summed E-state index contributed by atoms with van der Waals surface area (Å²) in [4.78, 5) is 3.96. The maximum Gasteiger partial charge on any atom is 0.126 e. The Kier molecular flexibility index (Phi) is 4.11. The summed E-state index contributed by atoms with van der Waals surface area (Å²) in [7, 11) is 3.60. The maximum atomic E-state index is 8.64. The molecule has 0 bridgehead atoms. The summed E-state index contributed by atoms with van der Waals surface area (Å²) in [6.07, 6.45) is 1.36. The fraction of sp³-hybridized carbons (Fsp3) is 0.250. The third kappa shape index (κ3) is 3.17. The average molecular weight is 198 g/mol. The molecule has 0 radical (unpaired) electrons. The Bertz CT molecular complexity index is 263. The van der Waals surface area contributed by atoms with Crippen LogP contribution in [0.1, 0.15) is 0 Å². The molecular formula is C8H14N4O2. The van der Waals surface area contributed by atoms with E-state index >= 15 is 0 Å². The maximum absolute atomic E-state index is 8.64. The van der Waals surface area contributed by atoms with Crippen molar-refractivity contribution in [3.05, 3.63) is 25.4 Å². The van der Waals surface area contributed by atoms with Gasteiger partial charge in [-0.15, -0.1) is 5.23 Å². The minimum atomic E-state index is 0.0283. The lowest BCUT2D eigenvalue weighted by Crippen LogP contribution is -2.78. The van der Waals surface area contributed by atoms with Crippen molar-refractivity contribution in [1.82, 2.24) is 4.98 Å². The highest BCUT2D eigenvalue weighted by Crippen LogP contribution is 2.10. The second-order valence-corrected chi connectivity index (χ2v) is 2.70. The van der Waals surface area contributed by atoms with Gasteiger partial charge in [0.25, 0.3) is 0 Å². The molecule has 0 aliphatic rings. The number of aromatic nitrogens is 1. The van der Waals surface area contributed by atoms with Crippen LogP contribution in [0.2, 0.25) is 0 Å². The molecule has 0 aliphatic heterocycles. The highest BCUT2D eigenvalue weighted by Gasteiger charge is 1.99. The first kappa shape index (κ1) is 10.7. The van der Waals surface area contributed by atoms with Gasteiger partial charge in [0.15, 0.2) is 0 Å². The van der Waals surface area contributed by atoms with E-state index < -0.39 is 0 Å². The first-order valence-electron chi connectivity index (χ1n) is 4.22. The smallest absolute Gasteiger partial charge is 0.126 e. The fourth-order valence-corrected chi connectivity index (χ4v) is 0.911. The van der Waals surface area contributed by atoms with Crippen LogP contribution < -0.4 is 15.9 Å². The number of anilines is 2. The normalized spacial score (nSPS) is 9.93. The monoisotopic (exact) mass is 198 g/mol. The molecule has 14 heavy (non-hydrogen) atoms. The zero-order chi connectivity index (χ0) is 10.4. The van der Waals surface area contributed by atoms with E-state index in [4.69, 9.17) is 10.4 Å². The molecule has 0 amide bonds. The van der Waals surface area contributed by atoms with Crippen molar-refractivity contribution in [2.24, 2.45) is 0 Å². The first-order chi connectivity index (χ1) is 6.74. The molecule has 0 atom stereocenters. The molecule has 1 rings (SSSR count). The zero-order valence-corrected chi connectivity index (χ0v) is 7.72. The van der Waals surface area contributed by atoms with Crippen molar-refractivity contribution in [1.29, 1.82) is 0 Å². The molecule has 78 valence electrons. The molecule has 6 nitrogen and oxygen atoms in total. The third-order valence-electron chi connectivity index (χ3n) is 1.63. The molecule has 0 unspecified atom stereocenters. The molecular weight excluding hydrogens is 184 g/mol. The summed E-state index contributed by atoms with van der Waals surface area (Å²) >= 11 is 0. The van der Waals surface area contributed by atoms with Gasteiger partial charge in [0.2, 0.25) is 0 Å². The Morgan fingerprint density at radius 1 is 1.50 bits per heavy atom. The van der Waals surface area contributed by atoms with E-state index in [9.17, 15) is 0 Å². The number of nitrogens with one attached hydrogen (secondary N) is 1. The molecule has 0 spiro atoms. The van der Waals surface area contributed by atoms with E-state index in [0.717, 1.165) is 13.1 Å². The summed E-state index contributed by atoms with van der Waals surface area (Å²) in [6, 6.07) is 3.21. The van der Waals surface area contributed by atoms with Gasteiger partial charge in [0, 0.05) is 0 Å². The van der Waals surface area contributed by atoms with Crippen LogP contribution in [0.25, 0.3) is 0 Å². The number of rotatable bonds is 5. The molecule has 0 saturated carbocycles. The second kappa shape index (κ2) is 5.38. The van der Waals surface area contributed by atoms with Crippen LogP contribution >= 0.6 is 0 Å². The summed E-state index contributed by atoms with van der Waals surface area (Å²) in [5.74, 6) is 0.692. The van der Waals surface area contributed by atoms with Crippen LogP contribution in [-0.2, 0) is 0 Å². The SMILES string of the molecule is [CH2-][NH2+]CCNc1ccc(N(O)O)cn1. The molecule has 1 heterocycles. The lowest BCUT2D eigenvalue weighted by molar-refractivity contribution is -0.592. The number of hydrogen-bond acceptors (Lipinski definition) is 5. The van der Waals surface area contributed by atoms with E-state index in [1.807, 2.05) is 5.32 Å². The highest BCUT2D eigenvalue weighted by atomic mass is 16.8. The quantitative estimate of drug-likeness (QED) is 0.289. The number of nitrogens with zero attached hydrogens (tertiary/aromatic N) is 2. The Hall–Kier alpha value is -1.37. The average Bonchev–Trinajstić information content (AvgIpc) is 2.19. The molecule has 0 aromatic carbocycles. The van der Waals surface area contributed by atoms with Gasteiger partial charge in [-0.1, -0.05) is 0 Å². The van der Waals surface area contributed by atoms with Crippen molar-refractivity contribution in [2.75, 3.05) is 23.6 Å². The van der Waals surface area contributed by atoms with Crippen molar-refractivity contribution in [3.8, 4) is 0 Å². The molecule has 1 aromatic heterocycles. The summed E-state index contributed by atoms with van der Waals surface area (Å²) < 4.78 is 0. The highest BCUT2D eigenvalue weighted by molar-refractivity contribution is 5.45. The predicted molar refractivity (Wildman–Crippen MR) is 50.9 cm³/mol. The Labute approximate surface area is 82.1 Å². The Morgan fingerprint density at radius 2 is 2.29 bits per heavy atom. The summed E-state index contributed by atoms with van der Waals surface area (Å²) in [5, 5.41) is 22.2. The van der Waals surface area contributed by atoms with E-state index in [0.29, 0.717) is 5.82 Å². The molecule has 1 aromatic rings. The third-order valence-corrected chi connectivity index (χ3v) is 1.63. The molecule has 5 N–H and O–H groups in total. The van der Waals surface area contributed by atoms with Gasteiger partial charge in [0.1, 0.15) is 11.5 Å². The minimum absolute atomic E-state index is 0.0283. The first-order valence-corrected chi connectivity index (χ1v) is 4.22. The van der Waals surface area contributed by atoms with Crippen LogP contribution in [0, 0.1) is 7.05 Å². The van der Waals surface area contributed by atoms with Crippen molar-refractivity contribution in [3.63, 3.8) is 0 Å². The lowest BCUT2D eigenvalue weighted by atomic mass is 10.4. The lowest BCUT2D eigenvalue weighted by Gasteiger charge is -2.08. The van der Waals surface area contributed by atoms with Crippen molar-refractivity contribution < 1.29 is 15.7 Å². The number of nitrogens with two attached hydrogens (primary N) is 1. The van der Waals surface area contributed by atoms with E-state index in [-0.39, 0.29) is 10.9 Å². The Balaban J connectivity index is 2.47. The number of hydrogen-bond donors (Lipinski definition) is 4. The van der Waals surface area contributed by atoms with Crippen LogP contribution in [0.15, 0.2) is 18.3 Å². The van der Waals surface area contributed by atoms with Crippen LogP contribution in [-0.4, -0.2) is 28.5 Å². The topological polar surface area (TPSA) is 85.2 Å². The van der Waals surface area contributed by atoms with Crippen LogP contribution in [0.5, 0.6) is 0 Å². The second-order valence-electron chi connectivity index (χ2n) is 2.70. The summed E-state index contributed by atoms with van der Waals surface area (Å²) in [5.41, 5.74) is 0.222. The van der Waals surface area contributed by atoms with Crippen molar-refractivity contribution in [2.45, 2.75) is 0 Å². The van der Waals surface area contributed by atoms with Gasteiger partial charge >= 0.3 is 0 Å². The molecule has 0 fully saturated rings. The predicted octanol–water partition coefficient (Wildman–Crippen LogP) is -0.567. The largest absolute Gasteiger partial charge is 0.477 e. The number of pyridine rings is 1. The van der Waals surface area contributed by atoms with E-state index in [1.54, 1.807) is 12.1 Å². The van der Waals surface area contributed by atoms with E-state index in [2.05, 4.69) is 17.3 Å². The molecule has 0 saturated heterocycles. The molecule has 0 aliphatic carbocycles. The minimum Gasteiger partial charge on any atom is -0.477 e. The van der Waals surface area contributed by atoms with Gasteiger partial charge in [-0.25, -0.2) is 4.98 Å². The van der Waals surface area contributed by atoms with Gasteiger partial charge < -0.3 is 10.6 Å². The van der Waals surface area contributed by atoms with Gasteiger partial charge in [-0.2, -0.15) is 7.05 Å². The van der Waals surface area contributed by atoms with Crippen molar-refractivity contribution >= 4 is 11.5 Å². The summed E-state index contributed by atoms with van der Waals surface area (Å²) in [6.45, 7) is 1.62. The van der Waals surface area contributed by atoms with Crippen LogP contribution in [0.3, 0.4) is 0 Å². The Morgan fingerprint density at radius 3 is 2.79 bits per heavy atom. The zero-order valence-electron chi connectivity index (χ0n) is 7.72. The fourth-order valence-electron chi connectivity index (χ4n) is 0.911.